The van der Waals surface area contributed by atoms with E-state index < -0.39 is 0 Å². The molecule has 1 aliphatic carbocycles. The molecule has 0 atom stereocenters. The summed E-state index contributed by atoms with van der Waals surface area (Å²) in [6.45, 7) is 3.93. The summed E-state index contributed by atoms with van der Waals surface area (Å²) in [5, 5.41) is 13.0. The number of nitrogens with two attached hydrogens (primary N) is 1. The number of nitrogens with zero attached hydrogens (tertiary/aromatic N) is 2. The van der Waals surface area contributed by atoms with Gasteiger partial charge in [0.2, 0.25) is 0 Å². The van der Waals surface area contributed by atoms with E-state index in [2.05, 4.69) is 11.4 Å². The minimum absolute atomic E-state index is 0.175. The van der Waals surface area contributed by atoms with E-state index in [4.69, 9.17) is 10.5 Å². The molecule has 2 rings (SSSR count). The molecule has 1 aromatic heterocycles. The minimum atomic E-state index is -0.175. The van der Waals surface area contributed by atoms with Crippen LogP contribution in [0, 0.1) is 11.3 Å². The Bertz CT molecular complexity index is 560. The van der Waals surface area contributed by atoms with E-state index in [0.29, 0.717) is 23.6 Å². The van der Waals surface area contributed by atoms with Crippen LogP contribution in [-0.2, 0) is 4.74 Å². The first-order chi connectivity index (χ1) is 10.1. The number of carbonyl (C=O) groups excluding carboxylic acids is 1. The maximum absolute atomic E-state index is 12.2. The number of rotatable bonds is 7. The lowest BCUT2D eigenvalue weighted by atomic mass is 10.2. The van der Waals surface area contributed by atoms with Crippen molar-refractivity contribution in [2.24, 2.45) is 0 Å². The van der Waals surface area contributed by atoms with E-state index >= 15 is 0 Å². The van der Waals surface area contributed by atoms with E-state index in [1.54, 1.807) is 7.11 Å². The zero-order chi connectivity index (χ0) is 15.4. The van der Waals surface area contributed by atoms with Crippen LogP contribution in [0.4, 0.5) is 10.7 Å². The average Bonchev–Trinajstić information content (AvgIpc) is 3.22. The van der Waals surface area contributed by atoms with Gasteiger partial charge in [0, 0.05) is 26.2 Å². The zero-order valence-corrected chi connectivity index (χ0v) is 13.1. The lowest BCUT2D eigenvalue weighted by Crippen LogP contribution is -2.26. The molecular weight excluding hydrogens is 288 g/mol. The van der Waals surface area contributed by atoms with Gasteiger partial charge < -0.3 is 20.7 Å². The van der Waals surface area contributed by atoms with Crippen molar-refractivity contribution in [3.05, 3.63) is 10.4 Å². The Labute approximate surface area is 128 Å². The second-order valence-electron chi connectivity index (χ2n) is 4.96. The van der Waals surface area contributed by atoms with Crippen molar-refractivity contribution >= 4 is 27.9 Å². The van der Waals surface area contributed by atoms with Gasteiger partial charge in [-0.15, -0.1) is 11.3 Å². The van der Waals surface area contributed by atoms with Crippen LogP contribution in [0.2, 0.25) is 0 Å². The van der Waals surface area contributed by atoms with Crippen LogP contribution < -0.4 is 16.0 Å². The van der Waals surface area contributed by atoms with E-state index in [1.165, 1.54) is 11.3 Å². The third kappa shape index (κ3) is 3.46. The topological polar surface area (TPSA) is 91.4 Å². The molecule has 0 aliphatic heterocycles. The highest BCUT2D eigenvalue weighted by atomic mass is 32.1. The molecule has 1 aromatic rings. The molecule has 1 heterocycles. The first-order valence-electron chi connectivity index (χ1n) is 6.99. The van der Waals surface area contributed by atoms with E-state index in [1.807, 2.05) is 11.8 Å². The number of nitrogens with one attached hydrogen (secondary N) is 1. The number of hydrogen-bond acceptors (Lipinski definition) is 6. The molecule has 0 radical (unpaired) electrons. The second kappa shape index (κ2) is 6.78. The molecule has 0 unspecified atom stereocenters. The van der Waals surface area contributed by atoms with Crippen molar-refractivity contribution in [1.29, 1.82) is 5.26 Å². The van der Waals surface area contributed by atoms with Gasteiger partial charge in [0.25, 0.3) is 5.91 Å². The van der Waals surface area contributed by atoms with Crippen LogP contribution in [0.25, 0.3) is 0 Å². The van der Waals surface area contributed by atoms with Gasteiger partial charge in [-0.1, -0.05) is 0 Å². The smallest absolute Gasteiger partial charge is 0.263 e. The van der Waals surface area contributed by atoms with Gasteiger partial charge in [0.05, 0.1) is 12.3 Å². The highest BCUT2D eigenvalue weighted by Gasteiger charge is 2.28. The number of ether oxygens (including phenoxy) is 1. The van der Waals surface area contributed by atoms with Crippen molar-refractivity contribution in [1.82, 2.24) is 5.32 Å². The van der Waals surface area contributed by atoms with Gasteiger partial charge in [-0.2, -0.15) is 5.26 Å². The van der Waals surface area contributed by atoms with Gasteiger partial charge >= 0.3 is 0 Å². The summed E-state index contributed by atoms with van der Waals surface area (Å²) in [5.41, 5.74) is 6.67. The number of carbonyl (C=O) groups is 1. The second-order valence-corrected chi connectivity index (χ2v) is 5.96. The van der Waals surface area contributed by atoms with Crippen molar-refractivity contribution in [3.63, 3.8) is 0 Å². The Hall–Kier alpha value is -1.78. The molecule has 1 fully saturated rings. The summed E-state index contributed by atoms with van der Waals surface area (Å²) < 4.78 is 5.08. The molecule has 0 bridgehead atoms. The molecule has 0 saturated heterocycles. The quantitative estimate of drug-likeness (QED) is 0.797. The molecule has 3 N–H and O–H groups in total. The van der Waals surface area contributed by atoms with E-state index in [9.17, 15) is 10.1 Å². The summed E-state index contributed by atoms with van der Waals surface area (Å²) in [6.07, 6.45) is 2.04. The summed E-state index contributed by atoms with van der Waals surface area (Å²) in [6, 6.07) is 2.39. The first kappa shape index (κ1) is 15.6. The molecule has 21 heavy (non-hydrogen) atoms. The number of likely N-dealkylation sites (N-methyl/N-ethyl adjacent to an activating group) is 1. The number of methoxy groups -OCH3 is 1. The van der Waals surface area contributed by atoms with Crippen molar-refractivity contribution < 1.29 is 9.53 Å². The molecule has 6 nitrogen and oxygen atoms in total. The Morgan fingerprint density at radius 3 is 2.86 bits per heavy atom. The standard InChI is InChI=1S/C14H20N4O2S/c1-3-18(6-7-20-2)14-10(8-15)11(16)12(21-14)13(19)17-9-4-5-9/h9H,3-7,16H2,1-2H3,(H,17,19). The van der Waals surface area contributed by atoms with Crippen LogP contribution in [0.5, 0.6) is 0 Å². The Balaban J connectivity index is 2.27. The largest absolute Gasteiger partial charge is 0.396 e. The van der Waals surface area contributed by atoms with E-state index in [0.717, 1.165) is 24.4 Å². The van der Waals surface area contributed by atoms with Crippen LogP contribution in [0.3, 0.4) is 0 Å². The molecule has 1 saturated carbocycles. The summed E-state index contributed by atoms with van der Waals surface area (Å²) >= 11 is 1.28. The van der Waals surface area contributed by atoms with Crippen molar-refractivity contribution in [2.75, 3.05) is 37.4 Å². The van der Waals surface area contributed by atoms with Gasteiger partial charge in [0.1, 0.15) is 21.5 Å². The number of nitrogen functional groups attached to an aromatic ring is 1. The minimum Gasteiger partial charge on any atom is -0.396 e. The summed E-state index contributed by atoms with van der Waals surface area (Å²) in [7, 11) is 1.64. The molecule has 0 aromatic carbocycles. The maximum Gasteiger partial charge on any atom is 0.263 e. The Kier molecular flexibility index (Phi) is 5.04. The van der Waals surface area contributed by atoms with Crippen LogP contribution >= 0.6 is 11.3 Å². The van der Waals surface area contributed by atoms with Crippen molar-refractivity contribution in [3.8, 4) is 6.07 Å². The average molecular weight is 308 g/mol. The fraction of sp³-hybridized carbons (Fsp3) is 0.571. The monoisotopic (exact) mass is 308 g/mol. The van der Waals surface area contributed by atoms with Gasteiger partial charge in [-0.05, 0) is 19.8 Å². The highest BCUT2D eigenvalue weighted by Crippen LogP contribution is 2.38. The lowest BCUT2D eigenvalue weighted by Gasteiger charge is -2.21. The van der Waals surface area contributed by atoms with Gasteiger partial charge in [-0.25, -0.2) is 0 Å². The van der Waals surface area contributed by atoms with Crippen LogP contribution in [0.15, 0.2) is 0 Å². The van der Waals surface area contributed by atoms with Crippen molar-refractivity contribution in [2.45, 2.75) is 25.8 Å². The predicted molar refractivity (Wildman–Crippen MR) is 83.7 cm³/mol. The number of nitriles is 1. The molecule has 1 aliphatic rings. The number of anilines is 2. The Morgan fingerprint density at radius 1 is 1.62 bits per heavy atom. The third-order valence-electron chi connectivity index (χ3n) is 3.39. The Morgan fingerprint density at radius 2 is 2.33 bits per heavy atom. The normalized spacial score (nSPS) is 13.8. The summed E-state index contributed by atoms with van der Waals surface area (Å²) in [4.78, 5) is 14.6. The number of amides is 1. The molecule has 0 spiro atoms. The molecule has 1 amide bonds. The third-order valence-corrected chi connectivity index (χ3v) is 4.66. The van der Waals surface area contributed by atoms with Gasteiger partial charge in [-0.3, -0.25) is 4.79 Å². The molecule has 7 heteroatoms. The molecule has 114 valence electrons. The van der Waals surface area contributed by atoms with E-state index in [-0.39, 0.29) is 17.6 Å². The van der Waals surface area contributed by atoms with Crippen LogP contribution in [-0.4, -0.2) is 38.8 Å². The lowest BCUT2D eigenvalue weighted by molar-refractivity contribution is 0.0956. The van der Waals surface area contributed by atoms with Crippen LogP contribution in [0.1, 0.15) is 35.0 Å². The first-order valence-corrected chi connectivity index (χ1v) is 7.81. The predicted octanol–water partition coefficient (Wildman–Crippen LogP) is 1.57. The maximum atomic E-state index is 12.2. The number of hydrogen-bond donors (Lipinski definition) is 2. The summed E-state index contributed by atoms with van der Waals surface area (Å²) in [5.74, 6) is -0.175. The zero-order valence-electron chi connectivity index (χ0n) is 12.3. The number of thiophene rings is 1. The highest BCUT2D eigenvalue weighted by molar-refractivity contribution is 7.19. The van der Waals surface area contributed by atoms with Gasteiger partial charge in [0.15, 0.2) is 0 Å². The SMILES string of the molecule is CCN(CCOC)c1sc(C(=O)NC2CC2)c(N)c1C#N. The fourth-order valence-corrected chi connectivity index (χ4v) is 3.18. The fourth-order valence-electron chi connectivity index (χ4n) is 2.01. The molecular formula is C14H20N4O2S.